The molecule has 5 nitrogen and oxygen atoms in total. The molecule has 0 bridgehead atoms. The molecule has 1 aromatic rings. The highest BCUT2D eigenvalue weighted by atomic mass is 19.1. The van der Waals surface area contributed by atoms with Crippen LogP contribution in [-0.4, -0.2) is 29.6 Å². The van der Waals surface area contributed by atoms with Gasteiger partial charge in [-0.3, -0.25) is 4.79 Å². The first kappa shape index (κ1) is 18.2. The van der Waals surface area contributed by atoms with Crippen LogP contribution in [0.2, 0.25) is 0 Å². The number of hydrogen-bond donors (Lipinski definition) is 2. The number of nitrogens with one attached hydrogen (secondary N) is 1. The fourth-order valence-corrected chi connectivity index (χ4v) is 2.97. The van der Waals surface area contributed by atoms with E-state index in [2.05, 4.69) is 5.32 Å². The van der Waals surface area contributed by atoms with E-state index in [-0.39, 0.29) is 18.2 Å². The number of benzene rings is 1. The van der Waals surface area contributed by atoms with Crippen LogP contribution in [0.1, 0.15) is 44.9 Å². The first-order valence-corrected chi connectivity index (χ1v) is 8.46. The molecule has 0 saturated heterocycles. The number of carboxylic acid groups (broad SMARTS) is 1. The minimum Gasteiger partial charge on any atom is -0.478 e. The van der Waals surface area contributed by atoms with Gasteiger partial charge in [-0.2, -0.15) is 0 Å². The molecule has 0 radical (unpaired) electrons. The number of rotatable bonds is 7. The van der Waals surface area contributed by atoms with Crippen molar-refractivity contribution in [2.75, 3.05) is 6.54 Å². The molecule has 1 fully saturated rings. The molecule has 2 rings (SSSR count). The number of halogens is 1. The molecule has 1 unspecified atom stereocenters. The lowest BCUT2D eigenvalue weighted by Gasteiger charge is -2.17. The van der Waals surface area contributed by atoms with Gasteiger partial charge >= 0.3 is 5.97 Å². The third-order valence-corrected chi connectivity index (χ3v) is 4.30. The zero-order valence-electron chi connectivity index (χ0n) is 13.7. The van der Waals surface area contributed by atoms with Crippen LogP contribution < -0.4 is 10.1 Å². The van der Waals surface area contributed by atoms with Crippen LogP contribution in [0, 0.1) is 11.7 Å². The number of carbonyl (C=O) groups is 2. The summed E-state index contributed by atoms with van der Waals surface area (Å²) in [5, 5.41) is 11.9. The molecule has 1 aromatic carbocycles. The number of hydrogen-bond acceptors (Lipinski definition) is 3. The molecule has 2 N–H and O–H groups in total. The maximum Gasteiger partial charge on any atom is 0.346 e. The number of ether oxygens (including phenoxy) is 1. The Bertz CT molecular complexity index is 538. The van der Waals surface area contributed by atoms with E-state index in [1.165, 1.54) is 37.1 Å². The Balaban J connectivity index is 1.80. The number of carboxylic acids is 1. The van der Waals surface area contributed by atoms with E-state index in [4.69, 9.17) is 4.74 Å². The van der Waals surface area contributed by atoms with Crippen LogP contribution >= 0.6 is 0 Å². The van der Waals surface area contributed by atoms with Gasteiger partial charge in [0.05, 0.1) is 6.54 Å². The third-order valence-electron chi connectivity index (χ3n) is 4.30. The molecule has 132 valence electrons. The van der Waals surface area contributed by atoms with Crippen molar-refractivity contribution < 1.29 is 23.8 Å². The lowest BCUT2D eigenvalue weighted by molar-refractivity contribution is -0.145. The Hall–Kier alpha value is -2.11. The van der Waals surface area contributed by atoms with Crippen LogP contribution in [0.5, 0.6) is 5.75 Å². The Morgan fingerprint density at radius 3 is 2.38 bits per heavy atom. The van der Waals surface area contributed by atoms with Gasteiger partial charge in [-0.15, -0.1) is 0 Å². The van der Waals surface area contributed by atoms with E-state index in [9.17, 15) is 19.1 Å². The second-order valence-corrected chi connectivity index (χ2v) is 6.26. The second-order valence-electron chi connectivity index (χ2n) is 6.26. The minimum absolute atomic E-state index is 0.113. The molecule has 6 heteroatoms. The SMILES string of the molecule is O=C(CC1CCCCCC1)NCC(Oc1ccc(F)cc1)C(=O)O. The zero-order chi connectivity index (χ0) is 17.4. The van der Waals surface area contributed by atoms with E-state index >= 15 is 0 Å². The molecule has 1 atom stereocenters. The summed E-state index contributed by atoms with van der Waals surface area (Å²) >= 11 is 0. The van der Waals surface area contributed by atoms with Crippen molar-refractivity contribution in [3.63, 3.8) is 0 Å². The van der Waals surface area contributed by atoms with E-state index in [1.54, 1.807) is 0 Å². The van der Waals surface area contributed by atoms with Gasteiger partial charge in [-0.1, -0.05) is 25.7 Å². The first-order valence-electron chi connectivity index (χ1n) is 8.46. The van der Waals surface area contributed by atoms with Crippen LogP contribution in [0.3, 0.4) is 0 Å². The quantitative estimate of drug-likeness (QED) is 0.750. The largest absolute Gasteiger partial charge is 0.478 e. The Morgan fingerprint density at radius 2 is 1.79 bits per heavy atom. The molecule has 24 heavy (non-hydrogen) atoms. The lowest BCUT2D eigenvalue weighted by Crippen LogP contribution is -2.40. The summed E-state index contributed by atoms with van der Waals surface area (Å²) in [5.74, 6) is -1.11. The average molecular weight is 337 g/mol. The zero-order valence-corrected chi connectivity index (χ0v) is 13.7. The van der Waals surface area contributed by atoms with Crippen LogP contribution in [0.4, 0.5) is 4.39 Å². The Kier molecular flexibility index (Phi) is 7.03. The van der Waals surface area contributed by atoms with Gasteiger partial charge in [0.2, 0.25) is 12.0 Å². The number of carbonyl (C=O) groups excluding carboxylic acids is 1. The predicted octanol–water partition coefficient (Wildman–Crippen LogP) is 3.13. The Morgan fingerprint density at radius 1 is 1.17 bits per heavy atom. The van der Waals surface area contributed by atoms with Crippen LogP contribution in [-0.2, 0) is 9.59 Å². The summed E-state index contributed by atoms with van der Waals surface area (Å²) in [6.45, 7) is -0.113. The van der Waals surface area contributed by atoms with Crippen molar-refractivity contribution in [2.45, 2.75) is 51.0 Å². The van der Waals surface area contributed by atoms with E-state index in [1.807, 2.05) is 0 Å². The highest BCUT2D eigenvalue weighted by Gasteiger charge is 2.22. The van der Waals surface area contributed by atoms with Crippen molar-refractivity contribution in [1.29, 1.82) is 0 Å². The molecular formula is C18H24FNO4. The van der Waals surface area contributed by atoms with Crippen LogP contribution in [0.25, 0.3) is 0 Å². The molecule has 1 aliphatic carbocycles. The van der Waals surface area contributed by atoms with Gasteiger partial charge in [0, 0.05) is 6.42 Å². The number of aliphatic carboxylic acids is 1. The van der Waals surface area contributed by atoms with Crippen molar-refractivity contribution in [2.24, 2.45) is 5.92 Å². The second kappa shape index (κ2) is 9.25. The fourth-order valence-electron chi connectivity index (χ4n) is 2.97. The van der Waals surface area contributed by atoms with Gasteiger partial charge in [-0.25, -0.2) is 9.18 Å². The summed E-state index contributed by atoms with van der Waals surface area (Å²) in [6.07, 6.45) is 6.11. The monoisotopic (exact) mass is 337 g/mol. The molecule has 0 aliphatic heterocycles. The van der Waals surface area contributed by atoms with Gasteiger partial charge in [0.15, 0.2) is 0 Å². The highest BCUT2D eigenvalue weighted by Crippen LogP contribution is 2.25. The molecule has 1 amide bonds. The summed E-state index contributed by atoms with van der Waals surface area (Å²) in [6, 6.07) is 5.11. The highest BCUT2D eigenvalue weighted by molar-refractivity contribution is 5.78. The topological polar surface area (TPSA) is 75.6 Å². The van der Waals surface area contributed by atoms with Crippen molar-refractivity contribution in [1.82, 2.24) is 5.32 Å². The van der Waals surface area contributed by atoms with Gasteiger partial charge in [0.25, 0.3) is 0 Å². The molecule has 1 saturated carbocycles. The molecule has 0 spiro atoms. The maximum absolute atomic E-state index is 12.9. The average Bonchev–Trinajstić information content (AvgIpc) is 2.81. The number of amides is 1. The standard InChI is InChI=1S/C18H24FNO4/c19-14-7-9-15(10-8-14)24-16(18(22)23)12-20-17(21)11-13-5-3-1-2-4-6-13/h7-10,13,16H,1-6,11-12H2,(H,20,21)(H,22,23). The lowest BCUT2D eigenvalue weighted by atomic mass is 9.96. The van der Waals surface area contributed by atoms with E-state index < -0.39 is 17.9 Å². The normalized spacial score (nSPS) is 16.9. The maximum atomic E-state index is 12.9. The van der Waals surface area contributed by atoms with Crippen LogP contribution in [0.15, 0.2) is 24.3 Å². The van der Waals surface area contributed by atoms with E-state index in [0.717, 1.165) is 25.7 Å². The van der Waals surface area contributed by atoms with Gasteiger partial charge in [-0.05, 0) is 43.0 Å². The summed E-state index contributed by atoms with van der Waals surface area (Å²) < 4.78 is 18.2. The summed E-state index contributed by atoms with van der Waals surface area (Å²) in [4.78, 5) is 23.3. The predicted molar refractivity (Wildman–Crippen MR) is 87.3 cm³/mol. The van der Waals surface area contributed by atoms with Crippen molar-refractivity contribution >= 4 is 11.9 Å². The summed E-state index contributed by atoms with van der Waals surface area (Å²) in [7, 11) is 0. The van der Waals surface area contributed by atoms with Gasteiger partial charge < -0.3 is 15.2 Å². The molecule has 0 heterocycles. The smallest absolute Gasteiger partial charge is 0.346 e. The van der Waals surface area contributed by atoms with E-state index in [0.29, 0.717) is 12.3 Å². The molecular weight excluding hydrogens is 313 g/mol. The van der Waals surface area contributed by atoms with Crippen molar-refractivity contribution in [3.8, 4) is 5.75 Å². The molecule has 1 aliphatic rings. The fraction of sp³-hybridized carbons (Fsp3) is 0.556. The summed E-state index contributed by atoms with van der Waals surface area (Å²) in [5.41, 5.74) is 0. The minimum atomic E-state index is -1.20. The molecule has 0 aromatic heterocycles. The van der Waals surface area contributed by atoms with Crippen molar-refractivity contribution in [3.05, 3.63) is 30.1 Å². The van der Waals surface area contributed by atoms with Gasteiger partial charge in [0.1, 0.15) is 11.6 Å². The Labute approximate surface area is 141 Å². The third kappa shape index (κ3) is 6.18. The first-order chi connectivity index (χ1) is 11.5.